The van der Waals surface area contributed by atoms with E-state index in [0.717, 1.165) is 5.76 Å². The minimum atomic E-state index is -0.247. The summed E-state index contributed by atoms with van der Waals surface area (Å²) >= 11 is 0. The lowest BCUT2D eigenvalue weighted by atomic mass is 9.93. The van der Waals surface area contributed by atoms with E-state index >= 15 is 0 Å². The Balaban J connectivity index is 2.10. The van der Waals surface area contributed by atoms with Gasteiger partial charge in [-0.25, -0.2) is 0 Å². The fourth-order valence-electron chi connectivity index (χ4n) is 1.86. The Bertz CT molecular complexity index is 654. The van der Waals surface area contributed by atoms with Gasteiger partial charge in [0.05, 0.1) is 6.10 Å². The Kier molecular flexibility index (Phi) is 4.54. The highest BCUT2D eigenvalue weighted by atomic mass is 16.5. The standard InChI is InChI=1S/C17H22N2O3/c1-11(2)21-13-8-6-7-12(9-13)16(20)18-15-10-14(22-19-15)17(3,4)5/h6-11H,1-5H3,(H,18,19,20). The normalized spacial score (nSPS) is 11.5. The van der Waals surface area contributed by atoms with Crippen LogP contribution in [0.2, 0.25) is 0 Å². The number of anilines is 1. The first-order valence-electron chi connectivity index (χ1n) is 7.31. The number of rotatable bonds is 4. The average molecular weight is 302 g/mol. The van der Waals surface area contributed by atoms with E-state index in [0.29, 0.717) is 17.1 Å². The topological polar surface area (TPSA) is 64.4 Å². The molecule has 0 saturated carbocycles. The Hall–Kier alpha value is -2.30. The van der Waals surface area contributed by atoms with Crippen LogP contribution in [-0.2, 0) is 5.41 Å². The molecule has 2 aromatic rings. The molecule has 1 heterocycles. The van der Waals surface area contributed by atoms with Crippen molar-refractivity contribution in [1.82, 2.24) is 5.16 Å². The molecular formula is C17H22N2O3. The van der Waals surface area contributed by atoms with Crippen LogP contribution in [0, 0.1) is 0 Å². The van der Waals surface area contributed by atoms with Crippen molar-refractivity contribution in [3.63, 3.8) is 0 Å². The predicted octanol–water partition coefficient (Wildman–Crippen LogP) is 4.01. The average Bonchev–Trinajstić information content (AvgIpc) is 2.86. The van der Waals surface area contributed by atoms with Gasteiger partial charge in [0.1, 0.15) is 11.5 Å². The van der Waals surface area contributed by atoms with Crippen LogP contribution < -0.4 is 10.1 Å². The molecule has 1 aromatic heterocycles. The van der Waals surface area contributed by atoms with Crippen molar-refractivity contribution in [1.29, 1.82) is 0 Å². The molecule has 1 aromatic carbocycles. The van der Waals surface area contributed by atoms with E-state index in [1.165, 1.54) is 0 Å². The molecule has 1 N–H and O–H groups in total. The number of ether oxygens (including phenoxy) is 1. The van der Waals surface area contributed by atoms with Gasteiger partial charge in [-0.05, 0) is 32.0 Å². The quantitative estimate of drug-likeness (QED) is 0.926. The molecule has 0 atom stereocenters. The van der Waals surface area contributed by atoms with Gasteiger partial charge in [0.15, 0.2) is 5.82 Å². The summed E-state index contributed by atoms with van der Waals surface area (Å²) in [4.78, 5) is 12.3. The van der Waals surface area contributed by atoms with E-state index in [4.69, 9.17) is 9.26 Å². The van der Waals surface area contributed by atoms with Gasteiger partial charge < -0.3 is 14.6 Å². The summed E-state index contributed by atoms with van der Waals surface area (Å²) < 4.78 is 10.8. The minimum Gasteiger partial charge on any atom is -0.491 e. The highest BCUT2D eigenvalue weighted by Gasteiger charge is 2.20. The zero-order chi connectivity index (χ0) is 16.3. The molecule has 118 valence electrons. The van der Waals surface area contributed by atoms with Crippen molar-refractivity contribution in [3.8, 4) is 5.75 Å². The highest BCUT2D eigenvalue weighted by molar-refractivity contribution is 6.03. The van der Waals surface area contributed by atoms with Gasteiger partial charge in [-0.2, -0.15) is 0 Å². The smallest absolute Gasteiger partial charge is 0.257 e. The second-order valence-corrected chi connectivity index (χ2v) is 6.47. The molecule has 22 heavy (non-hydrogen) atoms. The molecule has 0 aliphatic carbocycles. The van der Waals surface area contributed by atoms with Crippen LogP contribution in [0.4, 0.5) is 5.82 Å². The van der Waals surface area contributed by atoms with Crippen molar-refractivity contribution in [2.24, 2.45) is 0 Å². The van der Waals surface area contributed by atoms with Gasteiger partial charge in [0, 0.05) is 17.0 Å². The Labute approximate surface area is 130 Å². The molecule has 1 amide bonds. The van der Waals surface area contributed by atoms with Gasteiger partial charge in [0.2, 0.25) is 0 Å². The number of benzene rings is 1. The van der Waals surface area contributed by atoms with Crippen LogP contribution in [0.3, 0.4) is 0 Å². The zero-order valence-electron chi connectivity index (χ0n) is 13.6. The fraction of sp³-hybridized carbons (Fsp3) is 0.412. The lowest BCUT2D eigenvalue weighted by Crippen LogP contribution is -2.13. The maximum atomic E-state index is 12.3. The molecule has 2 rings (SSSR count). The summed E-state index contributed by atoms with van der Waals surface area (Å²) in [5.74, 6) is 1.55. The van der Waals surface area contributed by atoms with Crippen molar-refractivity contribution in [2.75, 3.05) is 5.32 Å². The zero-order valence-corrected chi connectivity index (χ0v) is 13.6. The van der Waals surface area contributed by atoms with Crippen LogP contribution in [0.15, 0.2) is 34.9 Å². The van der Waals surface area contributed by atoms with Gasteiger partial charge in [-0.1, -0.05) is 32.0 Å². The van der Waals surface area contributed by atoms with Gasteiger partial charge in [-0.3, -0.25) is 4.79 Å². The molecule has 0 aliphatic heterocycles. The number of aromatic nitrogens is 1. The Morgan fingerprint density at radius 3 is 2.59 bits per heavy atom. The minimum absolute atomic E-state index is 0.0585. The number of hydrogen-bond donors (Lipinski definition) is 1. The summed E-state index contributed by atoms with van der Waals surface area (Å²) in [6.45, 7) is 9.94. The molecule has 0 fully saturated rings. The maximum Gasteiger partial charge on any atom is 0.257 e. The number of hydrogen-bond acceptors (Lipinski definition) is 4. The second-order valence-electron chi connectivity index (χ2n) is 6.47. The molecule has 0 saturated heterocycles. The fourth-order valence-corrected chi connectivity index (χ4v) is 1.86. The first kappa shape index (κ1) is 16.1. The van der Waals surface area contributed by atoms with E-state index in [1.807, 2.05) is 40.7 Å². The largest absolute Gasteiger partial charge is 0.491 e. The third-order valence-electron chi connectivity index (χ3n) is 2.96. The van der Waals surface area contributed by atoms with Crippen LogP contribution >= 0.6 is 0 Å². The van der Waals surface area contributed by atoms with E-state index in [9.17, 15) is 4.79 Å². The van der Waals surface area contributed by atoms with Crippen molar-refractivity contribution >= 4 is 11.7 Å². The molecule has 0 radical (unpaired) electrons. The monoisotopic (exact) mass is 302 g/mol. The summed E-state index contributed by atoms with van der Waals surface area (Å²) in [7, 11) is 0. The van der Waals surface area contributed by atoms with E-state index in [-0.39, 0.29) is 17.4 Å². The Morgan fingerprint density at radius 2 is 2.00 bits per heavy atom. The second kappa shape index (κ2) is 6.22. The third kappa shape index (κ3) is 4.10. The first-order valence-corrected chi connectivity index (χ1v) is 7.31. The number of carbonyl (C=O) groups is 1. The number of carbonyl (C=O) groups excluding carboxylic acids is 1. The number of amides is 1. The molecule has 0 spiro atoms. The Morgan fingerprint density at radius 1 is 1.27 bits per heavy atom. The van der Waals surface area contributed by atoms with Crippen molar-refractivity contribution < 1.29 is 14.1 Å². The maximum absolute atomic E-state index is 12.3. The number of nitrogens with one attached hydrogen (secondary N) is 1. The summed E-state index contributed by atoms with van der Waals surface area (Å²) in [5, 5.41) is 6.61. The molecule has 5 nitrogen and oxygen atoms in total. The van der Waals surface area contributed by atoms with Crippen molar-refractivity contribution in [2.45, 2.75) is 46.1 Å². The molecule has 0 aliphatic rings. The molecule has 0 unspecified atom stereocenters. The van der Waals surface area contributed by atoms with Crippen LogP contribution in [0.1, 0.15) is 50.7 Å². The first-order chi connectivity index (χ1) is 10.3. The van der Waals surface area contributed by atoms with Gasteiger partial charge >= 0.3 is 0 Å². The van der Waals surface area contributed by atoms with E-state index in [1.54, 1.807) is 24.3 Å². The molecular weight excluding hydrogens is 280 g/mol. The predicted molar refractivity (Wildman–Crippen MR) is 85.4 cm³/mol. The van der Waals surface area contributed by atoms with Gasteiger partial charge in [0.25, 0.3) is 5.91 Å². The third-order valence-corrected chi connectivity index (χ3v) is 2.96. The summed E-state index contributed by atoms with van der Waals surface area (Å²) in [6.07, 6.45) is 0.0585. The van der Waals surface area contributed by atoms with Crippen LogP contribution in [0.5, 0.6) is 5.75 Å². The summed E-state index contributed by atoms with van der Waals surface area (Å²) in [5.41, 5.74) is 0.361. The van der Waals surface area contributed by atoms with Crippen molar-refractivity contribution in [3.05, 3.63) is 41.7 Å². The summed E-state index contributed by atoms with van der Waals surface area (Å²) in [6, 6.07) is 8.79. The molecule has 0 bridgehead atoms. The lowest BCUT2D eigenvalue weighted by Gasteiger charge is -2.12. The lowest BCUT2D eigenvalue weighted by molar-refractivity contribution is 0.102. The van der Waals surface area contributed by atoms with Gasteiger partial charge in [-0.15, -0.1) is 0 Å². The van der Waals surface area contributed by atoms with Crippen LogP contribution in [-0.4, -0.2) is 17.2 Å². The van der Waals surface area contributed by atoms with E-state index < -0.39 is 0 Å². The molecule has 5 heteroatoms. The highest BCUT2D eigenvalue weighted by Crippen LogP contribution is 2.24. The SMILES string of the molecule is CC(C)Oc1cccc(C(=O)Nc2cc(C(C)(C)C)on2)c1. The van der Waals surface area contributed by atoms with E-state index in [2.05, 4.69) is 10.5 Å². The van der Waals surface area contributed by atoms with Crippen LogP contribution in [0.25, 0.3) is 0 Å². The number of nitrogens with zero attached hydrogens (tertiary/aromatic N) is 1.